The second-order valence-corrected chi connectivity index (χ2v) is 5.84. The van der Waals surface area contributed by atoms with Gasteiger partial charge in [0.05, 0.1) is 16.1 Å². The molecule has 0 aliphatic carbocycles. The van der Waals surface area contributed by atoms with Gasteiger partial charge in [0.2, 0.25) is 0 Å². The van der Waals surface area contributed by atoms with Crippen molar-refractivity contribution in [3.05, 3.63) is 68.7 Å². The average Bonchev–Trinajstić information content (AvgIpc) is 2.42. The second-order valence-electron chi connectivity index (χ2n) is 5.02. The first kappa shape index (κ1) is 15.4. The predicted molar refractivity (Wildman–Crippen MR) is 87.9 cm³/mol. The number of rotatable bonds is 4. The lowest BCUT2D eigenvalue weighted by Gasteiger charge is -2.22. The van der Waals surface area contributed by atoms with Crippen molar-refractivity contribution in [2.75, 3.05) is 6.54 Å². The van der Waals surface area contributed by atoms with E-state index < -0.39 is 0 Å². The van der Waals surface area contributed by atoms with Gasteiger partial charge >= 0.3 is 0 Å². The first-order valence-corrected chi connectivity index (χ1v) is 7.54. The molecule has 0 saturated heterocycles. The molecule has 0 heterocycles. The molecule has 0 bridgehead atoms. The van der Waals surface area contributed by atoms with Gasteiger partial charge in [-0.1, -0.05) is 60.0 Å². The Morgan fingerprint density at radius 1 is 1.00 bits per heavy atom. The third kappa shape index (κ3) is 3.35. The van der Waals surface area contributed by atoms with Crippen LogP contribution in [0.4, 0.5) is 0 Å². The van der Waals surface area contributed by atoms with Gasteiger partial charge < -0.3 is 5.32 Å². The van der Waals surface area contributed by atoms with Crippen molar-refractivity contribution in [1.82, 2.24) is 5.32 Å². The summed E-state index contributed by atoms with van der Waals surface area (Å²) in [5.41, 5.74) is 4.95. The molecule has 0 radical (unpaired) electrons. The maximum atomic E-state index is 6.16. The molecule has 1 nitrogen and oxygen atoms in total. The van der Waals surface area contributed by atoms with Gasteiger partial charge in [-0.2, -0.15) is 0 Å². The molecular weight excluding hydrogens is 289 g/mol. The SMILES string of the molecule is CCNC(c1ccc(Cl)c(Cl)c1)c1cc(C)ccc1C. The van der Waals surface area contributed by atoms with Gasteiger partial charge in [0, 0.05) is 0 Å². The second kappa shape index (κ2) is 6.62. The smallest absolute Gasteiger partial charge is 0.0595 e. The summed E-state index contributed by atoms with van der Waals surface area (Å²) in [6, 6.07) is 12.5. The molecule has 0 aliphatic rings. The molecule has 0 spiro atoms. The Bertz CT molecular complexity index is 608. The summed E-state index contributed by atoms with van der Waals surface area (Å²) in [6.45, 7) is 7.24. The van der Waals surface area contributed by atoms with Crippen LogP contribution in [0.3, 0.4) is 0 Å². The maximum absolute atomic E-state index is 6.16. The third-order valence-corrected chi connectivity index (χ3v) is 4.17. The lowest BCUT2D eigenvalue weighted by Crippen LogP contribution is -2.22. The molecule has 1 atom stereocenters. The molecule has 0 amide bonds. The highest BCUT2D eigenvalue weighted by molar-refractivity contribution is 6.42. The molecule has 1 N–H and O–H groups in total. The van der Waals surface area contributed by atoms with E-state index in [1.807, 2.05) is 18.2 Å². The molecule has 20 heavy (non-hydrogen) atoms. The van der Waals surface area contributed by atoms with E-state index in [2.05, 4.69) is 44.3 Å². The van der Waals surface area contributed by atoms with Gasteiger partial charge in [-0.05, 0) is 49.2 Å². The summed E-state index contributed by atoms with van der Waals surface area (Å²) in [7, 11) is 0. The average molecular weight is 308 g/mol. The Hall–Kier alpha value is -1.02. The van der Waals surface area contributed by atoms with Gasteiger partial charge in [-0.25, -0.2) is 0 Å². The number of halogens is 2. The Balaban J connectivity index is 2.49. The number of aryl methyl sites for hydroxylation is 2. The van der Waals surface area contributed by atoms with Crippen LogP contribution >= 0.6 is 23.2 Å². The summed E-state index contributed by atoms with van der Waals surface area (Å²) in [4.78, 5) is 0. The molecule has 0 saturated carbocycles. The van der Waals surface area contributed by atoms with E-state index in [1.54, 1.807) is 0 Å². The number of hydrogen-bond donors (Lipinski definition) is 1. The summed E-state index contributed by atoms with van der Waals surface area (Å²) in [5.74, 6) is 0. The molecule has 106 valence electrons. The summed E-state index contributed by atoms with van der Waals surface area (Å²) < 4.78 is 0. The van der Waals surface area contributed by atoms with E-state index in [-0.39, 0.29) is 6.04 Å². The number of hydrogen-bond acceptors (Lipinski definition) is 1. The normalized spacial score (nSPS) is 12.4. The fourth-order valence-corrected chi connectivity index (χ4v) is 2.68. The Morgan fingerprint density at radius 3 is 2.40 bits per heavy atom. The van der Waals surface area contributed by atoms with Gasteiger partial charge in [0.25, 0.3) is 0 Å². The van der Waals surface area contributed by atoms with Crippen LogP contribution in [0.5, 0.6) is 0 Å². The number of benzene rings is 2. The summed E-state index contributed by atoms with van der Waals surface area (Å²) >= 11 is 12.2. The van der Waals surface area contributed by atoms with Crippen molar-refractivity contribution in [2.24, 2.45) is 0 Å². The molecule has 1 unspecified atom stereocenters. The van der Waals surface area contributed by atoms with E-state index in [0.717, 1.165) is 12.1 Å². The highest BCUT2D eigenvalue weighted by atomic mass is 35.5. The zero-order valence-electron chi connectivity index (χ0n) is 12.0. The number of nitrogens with one attached hydrogen (secondary N) is 1. The topological polar surface area (TPSA) is 12.0 Å². The highest BCUT2D eigenvalue weighted by Crippen LogP contribution is 2.30. The van der Waals surface area contributed by atoms with Gasteiger partial charge in [0.15, 0.2) is 0 Å². The molecule has 0 fully saturated rings. The van der Waals surface area contributed by atoms with Crippen LogP contribution in [0.25, 0.3) is 0 Å². The van der Waals surface area contributed by atoms with Crippen molar-refractivity contribution in [2.45, 2.75) is 26.8 Å². The quantitative estimate of drug-likeness (QED) is 0.807. The Labute approximate surface area is 130 Å². The zero-order valence-corrected chi connectivity index (χ0v) is 13.5. The van der Waals surface area contributed by atoms with Gasteiger partial charge in [0.1, 0.15) is 0 Å². The molecular formula is C17H19Cl2N. The summed E-state index contributed by atoms with van der Waals surface area (Å²) in [6.07, 6.45) is 0. The van der Waals surface area contributed by atoms with E-state index in [0.29, 0.717) is 10.0 Å². The predicted octanol–water partition coefficient (Wildman–Crippen LogP) is 5.31. The zero-order chi connectivity index (χ0) is 14.7. The van der Waals surface area contributed by atoms with Crippen molar-refractivity contribution >= 4 is 23.2 Å². The van der Waals surface area contributed by atoms with Crippen molar-refractivity contribution in [3.8, 4) is 0 Å². The van der Waals surface area contributed by atoms with E-state index in [1.165, 1.54) is 16.7 Å². The minimum Gasteiger partial charge on any atom is -0.307 e. The molecule has 2 rings (SSSR count). The fraction of sp³-hybridized carbons (Fsp3) is 0.294. The van der Waals surface area contributed by atoms with Crippen molar-refractivity contribution in [3.63, 3.8) is 0 Å². The molecule has 0 aliphatic heterocycles. The van der Waals surface area contributed by atoms with Crippen LogP contribution in [0.2, 0.25) is 10.0 Å². The lowest BCUT2D eigenvalue weighted by molar-refractivity contribution is 0.627. The minimum atomic E-state index is 0.134. The van der Waals surface area contributed by atoms with E-state index in [4.69, 9.17) is 23.2 Å². The largest absolute Gasteiger partial charge is 0.307 e. The van der Waals surface area contributed by atoms with Crippen LogP contribution in [0.1, 0.15) is 35.2 Å². The van der Waals surface area contributed by atoms with Crippen molar-refractivity contribution in [1.29, 1.82) is 0 Å². The maximum Gasteiger partial charge on any atom is 0.0595 e. The molecule has 0 aromatic heterocycles. The molecule has 2 aromatic rings. The standard InChI is InChI=1S/C17H19Cl2N/c1-4-20-17(13-7-8-15(18)16(19)10-13)14-9-11(2)5-6-12(14)3/h5-10,17,20H,4H2,1-3H3. The first-order valence-electron chi connectivity index (χ1n) is 6.78. The monoisotopic (exact) mass is 307 g/mol. The van der Waals surface area contributed by atoms with Crippen LogP contribution in [0.15, 0.2) is 36.4 Å². The Morgan fingerprint density at radius 2 is 1.75 bits per heavy atom. The van der Waals surface area contributed by atoms with E-state index >= 15 is 0 Å². The molecule has 2 aromatic carbocycles. The fourth-order valence-electron chi connectivity index (χ4n) is 2.37. The first-order chi connectivity index (χ1) is 9.52. The van der Waals surface area contributed by atoms with Gasteiger partial charge in [-0.3, -0.25) is 0 Å². The van der Waals surface area contributed by atoms with Gasteiger partial charge in [-0.15, -0.1) is 0 Å². The molecule has 3 heteroatoms. The van der Waals surface area contributed by atoms with Crippen LogP contribution in [-0.4, -0.2) is 6.54 Å². The lowest BCUT2D eigenvalue weighted by atomic mass is 9.93. The third-order valence-electron chi connectivity index (χ3n) is 3.43. The van der Waals surface area contributed by atoms with Crippen LogP contribution in [-0.2, 0) is 0 Å². The summed E-state index contributed by atoms with van der Waals surface area (Å²) in [5, 5.41) is 4.71. The minimum absolute atomic E-state index is 0.134. The van der Waals surface area contributed by atoms with Crippen LogP contribution < -0.4 is 5.32 Å². The van der Waals surface area contributed by atoms with Crippen LogP contribution in [0, 0.1) is 13.8 Å². The van der Waals surface area contributed by atoms with E-state index in [9.17, 15) is 0 Å². The Kier molecular flexibility index (Phi) is 5.09. The van der Waals surface area contributed by atoms with Crippen molar-refractivity contribution < 1.29 is 0 Å². The highest BCUT2D eigenvalue weighted by Gasteiger charge is 2.16.